The Hall–Kier alpha value is -0.790. The van der Waals surface area contributed by atoms with Crippen molar-refractivity contribution in [2.75, 3.05) is 0 Å². The third-order valence-corrected chi connectivity index (χ3v) is 1.18. The van der Waals surface area contributed by atoms with Gasteiger partial charge in [-0.1, -0.05) is 6.08 Å². The molecule has 2 nitrogen and oxygen atoms in total. The normalized spacial score (nSPS) is 23.6. The standard InChI is InChI=1S/C7H10O2/c1-7(2)5-3-4-6(8)9-7/h3,5H,4H2,1-2H3. The molecule has 1 heterocycles. The van der Waals surface area contributed by atoms with Crippen LogP contribution in [0.2, 0.25) is 0 Å². The summed E-state index contributed by atoms with van der Waals surface area (Å²) in [5, 5.41) is 0. The molecule has 0 unspecified atom stereocenters. The molecular weight excluding hydrogens is 116 g/mol. The van der Waals surface area contributed by atoms with Gasteiger partial charge in [-0.15, -0.1) is 0 Å². The van der Waals surface area contributed by atoms with Crippen LogP contribution in [0.3, 0.4) is 0 Å². The van der Waals surface area contributed by atoms with E-state index in [1.54, 1.807) is 0 Å². The number of esters is 1. The van der Waals surface area contributed by atoms with Crippen molar-refractivity contribution in [1.29, 1.82) is 0 Å². The molecule has 1 rings (SSSR count). The molecule has 0 amide bonds. The molecule has 50 valence electrons. The Kier molecular flexibility index (Phi) is 1.31. The van der Waals surface area contributed by atoms with E-state index in [0.29, 0.717) is 6.42 Å². The highest BCUT2D eigenvalue weighted by Crippen LogP contribution is 2.16. The van der Waals surface area contributed by atoms with Crippen molar-refractivity contribution in [2.45, 2.75) is 25.9 Å². The van der Waals surface area contributed by atoms with E-state index in [2.05, 4.69) is 0 Å². The molecule has 1 aliphatic heterocycles. The average Bonchev–Trinajstić information content (AvgIpc) is 1.60. The summed E-state index contributed by atoms with van der Waals surface area (Å²) >= 11 is 0. The Morgan fingerprint density at radius 2 is 2.33 bits per heavy atom. The highest BCUT2D eigenvalue weighted by molar-refractivity contribution is 5.73. The number of hydrogen-bond donors (Lipinski definition) is 0. The molecular formula is C7H10O2. The molecule has 2 heteroatoms. The van der Waals surface area contributed by atoms with Crippen molar-refractivity contribution < 1.29 is 9.53 Å². The molecule has 0 saturated carbocycles. The summed E-state index contributed by atoms with van der Waals surface area (Å²) in [6.07, 6.45) is 4.16. The second-order valence-corrected chi connectivity index (χ2v) is 2.68. The minimum Gasteiger partial charge on any atom is -0.455 e. The molecule has 0 N–H and O–H groups in total. The van der Waals surface area contributed by atoms with E-state index in [9.17, 15) is 4.79 Å². The van der Waals surface area contributed by atoms with Crippen LogP contribution in [0.25, 0.3) is 0 Å². The highest BCUT2D eigenvalue weighted by atomic mass is 16.6. The van der Waals surface area contributed by atoms with Crippen molar-refractivity contribution in [3.8, 4) is 0 Å². The van der Waals surface area contributed by atoms with E-state index in [1.807, 2.05) is 26.0 Å². The summed E-state index contributed by atoms with van der Waals surface area (Å²) in [4.78, 5) is 10.6. The number of cyclic esters (lactones) is 1. The third-order valence-electron chi connectivity index (χ3n) is 1.18. The second kappa shape index (κ2) is 1.87. The second-order valence-electron chi connectivity index (χ2n) is 2.68. The molecule has 0 aliphatic carbocycles. The van der Waals surface area contributed by atoms with E-state index < -0.39 is 0 Å². The molecule has 0 saturated heterocycles. The van der Waals surface area contributed by atoms with Gasteiger partial charge in [-0.2, -0.15) is 0 Å². The predicted molar refractivity (Wildman–Crippen MR) is 33.9 cm³/mol. The molecule has 0 aromatic rings. The third kappa shape index (κ3) is 1.56. The first-order chi connectivity index (χ1) is 4.10. The maximum Gasteiger partial charge on any atom is 0.310 e. The van der Waals surface area contributed by atoms with E-state index in [0.717, 1.165) is 0 Å². The van der Waals surface area contributed by atoms with Crippen LogP contribution in [0.1, 0.15) is 20.3 Å². The van der Waals surface area contributed by atoms with Gasteiger partial charge < -0.3 is 4.74 Å². The number of hydrogen-bond acceptors (Lipinski definition) is 2. The van der Waals surface area contributed by atoms with Gasteiger partial charge in [-0.05, 0) is 19.9 Å². The molecule has 0 aromatic heterocycles. The Morgan fingerprint density at radius 3 is 2.67 bits per heavy atom. The molecule has 9 heavy (non-hydrogen) atoms. The Labute approximate surface area is 54.5 Å². The summed E-state index contributed by atoms with van der Waals surface area (Å²) in [5.41, 5.74) is -0.380. The van der Waals surface area contributed by atoms with E-state index in [-0.39, 0.29) is 11.6 Å². The van der Waals surface area contributed by atoms with Crippen LogP contribution in [0.15, 0.2) is 12.2 Å². The fourth-order valence-corrected chi connectivity index (χ4v) is 0.808. The smallest absolute Gasteiger partial charge is 0.310 e. The lowest BCUT2D eigenvalue weighted by molar-refractivity contribution is -0.152. The quantitative estimate of drug-likeness (QED) is 0.361. The summed E-state index contributed by atoms with van der Waals surface area (Å²) in [6, 6.07) is 0. The molecule has 1 aliphatic rings. The SMILES string of the molecule is CC1(C)C=CCC(=O)O1. The zero-order chi connectivity index (χ0) is 6.91. The summed E-state index contributed by atoms with van der Waals surface area (Å²) < 4.78 is 4.95. The minimum absolute atomic E-state index is 0.137. The first-order valence-corrected chi connectivity index (χ1v) is 3.00. The number of carbonyl (C=O) groups excluding carboxylic acids is 1. The van der Waals surface area contributed by atoms with Gasteiger partial charge in [0, 0.05) is 0 Å². The van der Waals surface area contributed by atoms with Crippen LogP contribution >= 0.6 is 0 Å². The molecule has 0 fully saturated rings. The lowest BCUT2D eigenvalue weighted by Crippen LogP contribution is -2.28. The average molecular weight is 126 g/mol. The van der Waals surface area contributed by atoms with Crippen LogP contribution < -0.4 is 0 Å². The Balaban J connectivity index is 2.71. The topological polar surface area (TPSA) is 26.3 Å². The summed E-state index contributed by atoms with van der Waals surface area (Å²) in [5.74, 6) is -0.137. The zero-order valence-electron chi connectivity index (χ0n) is 5.68. The lowest BCUT2D eigenvalue weighted by Gasteiger charge is -2.23. The fraction of sp³-hybridized carbons (Fsp3) is 0.571. The minimum atomic E-state index is -0.380. The van der Waals surface area contributed by atoms with Gasteiger partial charge in [0.15, 0.2) is 0 Å². The lowest BCUT2D eigenvalue weighted by atomic mass is 10.1. The van der Waals surface area contributed by atoms with E-state index in [1.165, 1.54) is 0 Å². The van der Waals surface area contributed by atoms with Gasteiger partial charge in [-0.3, -0.25) is 4.79 Å². The largest absolute Gasteiger partial charge is 0.455 e. The van der Waals surface area contributed by atoms with Gasteiger partial charge >= 0.3 is 5.97 Å². The van der Waals surface area contributed by atoms with Crippen molar-refractivity contribution in [2.24, 2.45) is 0 Å². The first-order valence-electron chi connectivity index (χ1n) is 3.00. The monoisotopic (exact) mass is 126 g/mol. The van der Waals surface area contributed by atoms with Crippen molar-refractivity contribution in [3.05, 3.63) is 12.2 Å². The van der Waals surface area contributed by atoms with Gasteiger partial charge in [0.1, 0.15) is 5.60 Å². The van der Waals surface area contributed by atoms with Gasteiger partial charge in [0.05, 0.1) is 6.42 Å². The number of rotatable bonds is 0. The first kappa shape index (κ1) is 6.33. The van der Waals surface area contributed by atoms with Gasteiger partial charge in [0.25, 0.3) is 0 Å². The van der Waals surface area contributed by atoms with Crippen LogP contribution in [0.5, 0.6) is 0 Å². The molecule has 0 radical (unpaired) electrons. The number of ether oxygens (including phenoxy) is 1. The zero-order valence-corrected chi connectivity index (χ0v) is 5.68. The Bertz CT molecular complexity index is 156. The molecule has 0 aromatic carbocycles. The van der Waals surface area contributed by atoms with Crippen molar-refractivity contribution in [1.82, 2.24) is 0 Å². The van der Waals surface area contributed by atoms with Crippen molar-refractivity contribution >= 4 is 5.97 Å². The van der Waals surface area contributed by atoms with E-state index >= 15 is 0 Å². The molecule has 0 atom stereocenters. The van der Waals surface area contributed by atoms with Crippen LogP contribution in [0.4, 0.5) is 0 Å². The van der Waals surface area contributed by atoms with Crippen molar-refractivity contribution in [3.63, 3.8) is 0 Å². The maximum atomic E-state index is 10.6. The highest BCUT2D eigenvalue weighted by Gasteiger charge is 2.21. The number of carbonyl (C=O) groups is 1. The Morgan fingerprint density at radius 1 is 1.67 bits per heavy atom. The maximum absolute atomic E-state index is 10.6. The van der Waals surface area contributed by atoms with Gasteiger partial charge in [0.2, 0.25) is 0 Å². The van der Waals surface area contributed by atoms with Crippen LogP contribution in [0, 0.1) is 0 Å². The molecule has 0 bridgehead atoms. The van der Waals surface area contributed by atoms with Crippen LogP contribution in [-0.4, -0.2) is 11.6 Å². The van der Waals surface area contributed by atoms with E-state index in [4.69, 9.17) is 4.74 Å². The molecule has 0 spiro atoms. The predicted octanol–water partition coefficient (Wildman–Crippen LogP) is 1.27. The van der Waals surface area contributed by atoms with Crippen LogP contribution in [-0.2, 0) is 9.53 Å². The summed E-state index contributed by atoms with van der Waals surface area (Å²) in [6.45, 7) is 3.72. The van der Waals surface area contributed by atoms with Gasteiger partial charge in [-0.25, -0.2) is 0 Å². The summed E-state index contributed by atoms with van der Waals surface area (Å²) in [7, 11) is 0. The fourth-order valence-electron chi connectivity index (χ4n) is 0.808.